The molecule has 0 aliphatic heterocycles. The van der Waals surface area contributed by atoms with Crippen LogP contribution in [0.3, 0.4) is 0 Å². The van der Waals surface area contributed by atoms with E-state index in [2.05, 4.69) is 107 Å². The molecule has 0 aliphatic carbocycles. The predicted molar refractivity (Wildman–Crippen MR) is 176 cm³/mol. The van der Waals surface area contributed by atoms with Crippen molar-refractivity contribution in [1.82, 2.24) is 9.97 Å². The second-order valence-corrected chi connectivity index (χ2v) is 15.7. The number of phenols is 2. The first kappa shape index (κ1) is 34.5. The summed E-state index contributed by atoms with van der Waals surface area (Å²) < 4.78 is 0. The fourth-order valence-electron chi connectivity index (χ4n) is 5.12. The Bertz CT molecular complexity index is 1510. The van der Waals surface area contributed by atoms with Crippen molar-refractivity contribution in [3.8, 4) is 45.4 Å². The Morgan fingerprint density at radius 2 is 0.744 bits per heavy atom. The largest absolute Gasteiger partial charge is 0.507 e. The second-order valence-electron chi connectivity index (χ2n) is 15.7. The molecule has 4 rings (SSSR count). The van der Waals surface area contributed by atoms with Crippen LogP contribution in [0, 0.1) is 0 Å². The topological polar surface area (TPSA) is 66.2 Å². The summed E-state index contributed by atoms with van der Waals surface area (Å²) in [7, 11) is 0. The van der Waals surface area contributed by atoms with E-state index in [0.29, 0.717) is 22.8 Å². The van der Waals surface area contributed by atoms with Crippen molar-refractivity contribution in [3.63, 3.8) is 0 Å². The number of phenolic OH excluding ortho intramolecular Hbond substituents is 2. The van der Waals surface area contributed by atoms with Crippen molar-refractivity contribution in [2.75, 3.05) is 0 Å². The van der Waals surface area contributed by atoms with E-state index in [0.717, 1.165) is 33.4 Å². The van der Waals surface area contributed by atoms with E-state index < -0.39 is 0 Å². The molecule has 0 saturated carbocycles. The molecule has 5 heteroatoms. The maximum atomic E-state index is 11.5. The van der Waals surface area contributed by atoms with Crippen molar-refractivity contribution in [2.24, 2.45) is 0 Å². The Hall–Kier alpha value is -2.97. The number of aromatic hydroxyl groups is 2. The smallest absolute Gasteiger partial charge is 0.128 e. The molecule has 232 valence electrons. The fraction of sp³-hybridized carbons (Fsp3) is 0.421. The van der Waals surface area contributed by atoms with Crippen molar-refractivity contribution in [3.05, 3.63) is 82.9 Å². The van der Waals surface area contributed by atoms with Gasteiger partial charge in [0.15, 0.2) is 0 Å². The molecule has 0 atom stereocenters. The van der Waals surface area contributed by atoms with Crippen molar-refractivity contribution in [1.29, 1.82) is 0 Å². The summed E-state index contributed by atoms with van der Waals surface area (Å²) in [5.74, 6) is 0.529. The summed E-state index contributed by atoms with van der Waals surface area (Å²) >= 11 is 0. The van der Waals surface area contributed by atoms with Crippen LogP contribution in [0.5, 0.6) is 11.5 Å². The predicted octanol–water partition coefficient (Wildman–Crippen LogP) is 10.1. The van der Waals surface area contributed by atoms with Gasteiger partial charge in [-0.2, -0.15) is 0 Å². The molecule has 2 heterocycles. The minimum Gasteiger partial charge on any atom is -0.507 e. The van der Waals surface area contributed by atoms with Gasteiger partial charge in [0.1, 0.15) is 11.5 Å². The van der Waals surface area contributed by atoms with Gasteiger partial charge in [-0.3, -0.25) is 0 Å². The van der Waals surface area contributed by atoms with Crippen LogP contribution in [0.4, 0.5) is 0 Å². The molecule has 0 unspecified atom stereocenters. The molecular formula is C38H48N2O2Pt. The van der Waals surface area contributed by atoms with Crippen LogP contribution in [0.2, 0.25) is 0 Å². The van der Waals surface area contributed by atoms with Gasteiger partial charge in [-0.1, -0.05) is 107 Å². The van der Waals surface area contributed by atoms with Crippen LogP contribution in [0.1, 0.15) is 105 Å². The van der Waals surface area contributed by atoms with E-state index in [-0.39, 0.29) is 54.2 Å². The second kappa shape index (κ2) is 11.8. The first-order chi connectivity index (χ1) is 19.2. The maximum absolute atomic E-state index is 11.5. The van der Waals surface area contributed by atoms with Crippen LogP contribution < -0.4 is 0 Å². The molecule has 0 amide bonds. The molecular weight excluding hydrogens is 712 g/mol. The Morgan fingerprint density at radius 3 is 1.02 bits per heavy atom. The molecule has 2 aromatic heterocycles. The molecule has 4 nitrogen and oxygen atoms in total. The number of rotatable bonds is 3. The third-order valence-electron chi connectivity index (χ3n) is 7.88. The summed E-state index contributed by atoms with van der Waals surface area (Å²) in [6.07, 6.45) is 0. The van der Waals surface area contributed by atoms with Gasteiger partial charge in [0.25, 0.3) is 0 Å². The minimum absolute atomic E-state index is 0. The Balaban J connectivity index is 0.00000506. The van der Waals surface area contributed by atoms with Gasteiger partial charge in [-0.15, -0.1) is 0 Å². The summed E-state index contributed by atoms with van der Waals surface area (Å²) in [6.45, 7) is 25.8. The van der Waals surface area contributed by atoms with E-state index in [4.69, 9.17) is 9.97 Å². The monoisotopic (exact) mass is 759 g/mol. The van der Waals surface area contributed by atoms with Gasteiger partial charge in [0.2, 0.25) is 0 Å². The van der Waals surface area contributed by atoms with Crippen LogP contribution in [0.15, 0.2) is 60.7 Å². The van der Waals surface area contributed by atoms with Gasteiger partial charge in [-0.25, -0.2) is 9.97 Å². The van der Waals surface area contributed by atoms with Crippen molar-refractivity contribution >= 4 is 0 Å². The average Bonchev–Trinajstić information content (AvgIpc) is 2.86. The first-order valence-electron chi connectivity index (χ1n) is 14.9. The van der Waals surface area contributed by atoms with Gasteiger partial charge in [-0.05, 0) is 69.2 Å². The van der Waals surface area contributed by atoms with Gasteiger partial charge < -0.3 is 10.2 Å². The molecule has 43 heavy (non-hydrogen) atoms. The molecule has 0 radical (unpaired) electrons. The zero-order valence-corrected chi connectivity index (χ0v) is 30.2. The van der Waals surface area contributed by atoms with Crippen LogP contribution in [-0.4, -0.2) is 20.2 Å². The van der Waals surface area contributed by atoms with Crippen molar-refractivity contribution < 1.29 is 31.3 Å². The van der Waals surface area contributed by atoms with Gasteiger partial charge in [0, 0.05) is 43.3 Å². The van der Waals surface area contributed by atoms with E-state index >= 15 is 0 Å². The number of benzene rings is 2. The fourth-order valence-corrected chi connectivity index (χ4v) is 5.12. The van der Waals surface area contributed by atoms with Crippen molar-refractivity contribution in [2.45, 2.75) is 105 Å². The molecule has 0 aliphatic rings. The summed E-state index contributed by atoms with van der Waals surface area (Å²) in [4.78, 5) is 10.0. The summed E-state index contributed by atoms with van der Waals surface area (Å²) in [6, 6.07) is 20.0. The number of hydrogen-bond acceptors (Lipinski definition) is 4. The molecule has 2 N–H and O–H groups in total. The maximum Gasteiger partial charge on any atom is 0.128 e. The van der Waals surface area contributed by atoms with Crippen LogP contribution in [0.25, 0.3) is 33.9 Å². The minimum atomic E-state index is -0.233. The Labute approximate surface area is 273 Å². The number of nitrogens with zero attached hydrogens (tertiary/aromatic N) is 2. The normalized spacial score (nSPS) is 12.7. The van der Waals surface area contributed by atoms with E-state index in [1.165, 1.54) is 0 Å². The number of aromatic nitrogens is 2. The van der Waals surface area contributed by atoms with E-state index in [1.54, 1.807) is 0 Å². The summed E-state index contributed by atoms with van der Waals surface area (Å²) in [5.41, 5.74) is 7.69. The molecule has 0 fully saturated rings. The molecule has 0 saturated heterocycles. The SMILES string of the molecule is CC(C)(C)c1cc(-c2cccc(-c3cccc(-c4cc(C(C)(C)C)cc(C(C)(C)C)c4O)n3)n2)c(O)c(C(C)(C)C)c1.[Pt]. The quantitative estimate of drug-likeness (QED) is 0.218. The Kier molecular flexibility index (Phi) is 9.51. The molecule has 0 spiro atoms. The zero-order valence-electron chi connectivity index (χ0n) is 27.9. The Morgan fingerprint density at radius 1 is 0.442 bits per heavy atom. The standard InChI is InChI=1S/C38H48N2O2.Pt/c1-35(2,3)23-19-25(33(41)27(21-23)37(7,8)9)29-15-13-17-31(39-29)32-18-14-16-30(40-32)26-20-24(36(4,5)6)22-28(34(26)42)38(10,11)12;/h13-22,41-42H,1-12H3;. The number of hydrogen-bond donors (Lipinski definition) is 2. The third-order valence-corrected chi connectivity index (χ3v) is 7.88. The molecule has 2 aromatic carbocycles. The third kappa shape index (κ3) is 7.40. The van der Waals surface area contributed by atoms with Gasteiger partial charge >= 0.3 is 0 Å². The van der Waals surface area contributed by atoms with Crippen LogP contribution in [-0.2, 0) is 42.7 Å². The van der Waals surface area contributed by atoms with E-state index in [9.17, 15) is 10.2 Å². The zero-order chi connectivity index (χ0) is 31.4. The van der Waals surface area contributed by atoms with Crippen LogP contribution >= 0.6 is 0 Å². The molecule has 4 aromatic rings. The molecule has 0 bridgehead atoms. The summed E-state index contributed by atoms with van der Waals surface area (Å²) in [5, 5.41) is 22.9. The first-order valence-corrected chi connectivity index (χ1v) is 14.9. The average molecular weight is 760 g/mol. The van der Waals surface area contributed by atoms with E-state index in [1.807, 2.05) is 36.4 Å². The number of pyridine rings is 2. The van der Waals surface area contributed by atoms with Gasteiger partial charge in [0.05, 0.1) is 22.8 Å².